The van der Waals surface area contributed by atoms with E-state index in [1.807, 2.05) is 18.3 Å². The highest BCUT2D eigenvalue weighted by Gasteiger charge is 2.25. The van der Waals surface area contributed by atoms with Crippen LogP contribution in [0.2, 0.25) is 0 Å². The monoisotopic (exact) mass is 456 g/mol. The normalized spacial score (nSPS) is 16.7. The molecule has 3 N–H and O–H groups in total. The van der Waals surface area contributed by atoms with Crippen LogP contribution < -0.4 is 20.9 Å². The zero-order valence-corrected chi connectivity index (χ0v) is 19.0. The van der Waals surface area contributed by atoms with Crippen molar-refractivity contribution < 1.29 is 4.79 Å². The maximum absolute atomic E-state index is 12.5. The van der Waals surface area contributed by atoms with Crippen LogP contribution in [0.5, 0.6) is 0 Å². The molecule has 4 heterocycles. The molecule has 1 aliphatic heterocycles. The Hall–Kier alpha value is -2.91. The Morgan fingerprint density at radius 1 is 1.12 bits per heavy atom. The third-order valence-corrected chi connectivity index (χ3v) is 6.20. The third kappa shape index (κ3) is 4.35. The molecule has 0 atom stereocenters. The molecule has 0 unspecified atom stereocenters. The van der Waals surface area contributed by atoms with Gasteiger partial charge >= 0.3 is 0 Å². The Bertz CT molecular complexity index is 1070. The number of aromatic nitrogens is 4. The minimum absolute atomic E-state index is 0. The molecule has 1 aliphatic carbocycles. The molecular formula is C22H29ClN8O. The van der Waals surface area contributed by atoms with E-state index >= 15 is 0 Å². The number of carbonyl (C=O) groups is 1. The zero-order chi connectivity index (χ0) is 21.2. The maximum atomic E-state index is 12.5. The number of piperazine rings is 1. The first-order valence-corrected chi connectivity index (χ1v) is 11.0. The van der Waals surface area contributed by atoms with E-state index in [0.29, 0.717) is 23.5 Å². The Morgan fingerprint density at radius 2 is 1.91 bits per heavy atom. The highest BCUT2D eigenvalue weighted by molar-refractivity contribution is 5.98. The second-order valence-electron chi connectivity index (χ2n) is 8.15. The van der Waals surface area contributed by atoms with E-state index in [9.17, 15) is 4.79 Å². The van der Waals surface area contributed by atoms with Crippen LogP contribution in [0.1, 0.15) is 42.2 Å². The van der Waals surface area contributed by atoms with Crippen molar-refractivity contribution in [1.29, 1.82) is 0 Å². The zero-order valence-electron chi connectivity index (χ0n) is 18.2. The lowest BCUT2D eigenvalue weighted by Crippen LogP contribution is -2.43. The van der Waals surface area contributed by atoms with Crippen molar-refractivity contribution in [2.75, 3.05) is 43.4 Å². The minimum Gasteiger partial charge on any atom is -0.368 e. The standard InChI is InChI=1S/C22H28N8O.ClH/c1-23-21(31)18-12-15-13-26-22(28-20(15)30(18)16-4-2-3-5-16)27-19-7-6-17(14-25-19)29-10-8-24-9-11-29;/h6-7,12-14,16,24H,2-5,8-11H2,1H3,(H,23,31)(H,25,26,27,28);1H. The van der Waals surface area contributed by atoms with Gasteiger partial charge in [0, 0.05) is 50.9 Å². The second kappa shape index (κ2) is 9.70. The molecule has 9 nitrogen and oxygen atoms in total. The van der Waals surface area contributed by atoms with Crippen LogP contribution in [-0.4, -0.2) is 58.7 Å². The SMILES string of the molecule is CNC(=O)c1cc2cnc(Nc3ccc(N4CCNCC4)cn3)nc2n1C1CCCC1.Cl. The van der Waals surface area contributed by atoms with Gasteiger partial charge in [0.05, 0.1) is 11.9 Å². The van der Waals surface area contributed by atoms with E-state index in [1.54, 1.807) is 13.2 Å². The van der Waals surface area contributed by atoms with Gasteiger partial charge in [0.2, 0.25) is 5.95 Å². The number of anilines is 3. The van der Waals surface area contributed by atoms with Crippen LogP contribution in [0.25, 0.3) is 11.0 Å². The first-order valence-electron chi connectivity index (χ1n) is 11.0. The van der Waals surface area contributed by atoms with Crippen LogP contribution in [-0.2, 0) is 0 Å². The topological polar surface area (TPSA) is 100 Å². The Labute approximate surface area is 193 Å². The van der Waals surface area contributed by atoms with Crippen LogP contribution >= 0.6 is 12.4 Å². The number of rotatable bonds is 5. The first-order chi connectivity index (χ1) is 15.2. The fraction of sp³-hybridized carbons (Fsp3) is 0.455. The molecule has 1 amide bonds. The molecule has 3 aromatic rings. The van der Waals surface area contributed by atoms with Gasteiger partial charge in [-0.05, 0) is 31.0 Å². The number of fused-ring (bicyclic) bond motifs is 1. The molecule has 2 aliphatic rings. The van der Waals surface area contributed by atoms with Gasteiger partial charge in [0.1, 0.15) is 17.2 Å². The highest BCUT2D eigenvalue weighted by Crippen LogP contribution is 2.34. The number of halogens is 1. The lowest BCUT2D eigenvalue weighted by molar-refractivity contribution is 0.0952. The van der Waals surface area contributed by atoms with Crippen molar-refractivity contribution in [2.24, 2.45) is 0 Å². The average molecular weight is 457 g/mol. The van der Waals surface area contributed by atoms with Gasteiger partial charge in [-0.3, -0.25) is 4.79 Å². The van der Waals surface area contributed by atoms with E-state index in [-0.39, 0.29) is 18.3 Å². The molecule has 1 saturated heterocycles. The summed E-state index contributed by atoms with van der Waals surface area (Å²) in [5, 5.41) is 10.2. The number of amides is 1. The number of nitrogens with one attached hydrogen (secondary N) is 3. The van der Waals surface area contributed by atoms with Gasteiger partial charge in [-0.25, -0.2) is 9.97 Å². The maximum Gasteiger partial charge on any atom is 0.267 e. The quantitative estimate of drug-likeness (QED) is 0.542. The first kappa shape index (κ1) is 22.3. The fourth-order valence-electron chi connectivity index (χ4n) is 4.59. The Balaban J connectivity index is 0.00000245. The van der Waals surface area contributed by atoms with E-state index in [4.69, 9.17) is 4.98 Å². The molecule has 3 aromatic heterocycles. The van der Waals surface area contributed by atoms with Crippen LogP contribution in [0, 0.1) is 0 Å². The van der Waals surface area contributed by atoms with Crippen molar-refractivity contribution in [2.45, 2.75) is 31.7 Å². The van der Waals surface area contributed by atoms with E-state index in [2.05, 4.69) is 41.5 Å². The smallest absolute Gasteiger partial charge is 0.267 e. The molecule has 170 valence electrons. The lowest BCUT2D eigenvalue weighted by atomic mass is 10.2. The van der Waals surface area contributed by atoms with Gasteiger partial charge in [0.25, 0.3) is 5.91 Å². The summed E-state index contributed by atoms with van der Waals surface area (Å²) in [7, 11) is 1.66. The van der Waals surface area contributed by atoms with Gasteiger partial charge < -0.3 is 25.4 Å². The van der Waals surface area contributed by atoms with E-state index in [0.717, 1.165) is 55.7 Å². The summed E-state index contributed by atoms with van der Waals surface area (Å²) in [5.41, 5.74) is 2.56. The molecule has 0 spiro atoms. The van der Waals surface area contributed by atoms with Crippen molar-refractivity contribution in [3.8, 4) is 0 Å². The number of hydrogen-bond donors (Lipinski definition) is 3. The van der Waals surface area contributed by atoms with E-state index < -0.39 is 0 Å². The second-order valence-corrected chi connectivity index (χ2v) is 8.15. The number of hydrogen-bond acceptors (Lipinski definition) is 7. The van der Waals surface area contributed by atoms with Crippen LogP contribution in [0.3, 0.4) is 0 Å². The minimum atomic E-state index is -0.0930. The molecule has 0 aromatic carbocycles. The van der Waals surface area contributed by atoms with E-state index in [1.165, 1.54) is 12.8 Å². The number of carbonyl (C=O) groups excluding carboxylic acids is 1. The summed E-state index contributed by atoms with van der Waals surface area (Å²) in [6.45, 7) is 3.96. The lowest BCUT2D eigenvalue weighted by Gasteiger charge is -2.29. The van der Waals surface area contributed by atoms with Gasteiger partial charge in [-0.1, -0.05) is 12.8 Å². The molecule has 1 saturated carbocycles. The summed E-state index contributed by atoms with van der Waals surface area (Å²) in [4.78, 5) is 28.6. The van der Waals surface area contributed by atoms with Gasteiger partial charge in [0.15, 0.2) is 0 Å². The number of pyridine rings is 1. The van der Waals surface area contributed by atoms with Crippen molar-refractivity contribution in [3.05, 3.63) is 36.3 Å². The molecule has 5 rings (SSSR count). The summed E-state index contributed by atoms with van der Waals surface area (Å²) in [5.74, 6) is 1.09. The predicted molar refractivity (Wildman–Crippen MR) is 128 cm³/mol. The third-order valence-electron chi connectivity index (χ3n) is 6.20. The van der Waals surface area contributed by atoms with Gasteiger partial charge in [-0.2, -0.15) is 4.98 Å². The van der Waals surface area contributed by atoms with Crippen LogP contribution in [0.15, 0.2) is 30.6 Å². The predicted octanol–water partition coefficient (Wildman–Crippen LogP) is 2.88. The average Bonchev–Trinajstić information content (AvgIpc) is 3.47. The molecule has 10 heteroatoms. The molecule has 0 radical (unpaired) electrons. The molecule has 2 fully saturated rings. The highest BCUT2D eigenvalue weighted by atomic mass is 35.5. The number of nitrogens with zero attached hydrogens (tertiary/aromatic N) is 5. The van der Waals surface area contributed by atoms with Crippen LogP contribution in [0.4, 0.5) is 17.5 Å². The molecule has 32 heavy (non-hydrogen) atoms. The largest absolute Gasteiger partial charge is 0.368 e. The summed E-state index contributed by atoms with van der Waals surface area (Å²) >= 11 is 0. The Morgan fingerprint density at radius 3 is 2.59 bits per heavy atom. The summed E-state index contributed by atoms with van der Waals surface area (Å²) in [6.07, 6.45) is 8.15. The molecular weight excluding hydrogens is 428 g/mol. The van der Waals surface area contributed by atoms with Crippen molar-refractivity contribution in [1.82, 2.24) is 30.2 Å². The summed E-state index contributed by atoms with van der Waals surface area (Å²) in [6, 6.07) is 6.21. The van der Waals surface area contributed by atoms with Gasteiger partial charge in [-0.15, -0.1) is 12.4 Å². The van der Waals surface area contributed by atoms with Crippen molar-refractivity contribution >= 4 is 46.8 Å². The van der Waals surface area contributed by atoms with Crippen molar-refractivity contribution in [3.63, 3.8) is 0 Å². The fourth-order valence-corrected chi connectivity index (χ4v) is 4.59. The summed E-state index contributed by atoms with van der Waals surface area (Å²) < 4.78 is 2.09. The molecule has 0 bridgehead atoms. The Kier molecular flexibility index (Phi) is 6.76.